The average molecular weight is 397 g/mol. The van der Waals surface area contributed by atoms with Crippen molar-refractivity contribution in [3.05, 3.63) is 33.8 Å². The Morgan fingerprint density at radius 2 is 2.04 bits per heavy atom. The summed E-state index contributed by atoms with van der Waals surface area (Å²) < 4.78 is 29.4. The number of thiophene rings is 1. The maximum Gasteiger partial charge on any atom is 0.246 e. The van der Waals surface area contributed by atoms with E-state index in [4.69, 9.17) is 0 Å². The number of sulfonamides is 1. The standard InChI is InChI=1S/C18H28N4O2S2/c1-5-21(6-2)26(23,24)18-14(3)19-22(15(18)4)13-20-11-7-9-16(20)17-10-8-12-25-17/h8,10,12,16H,5-7,9,11,13H2,1-4H3/t16-/m0/s1. The van der Waals surface area contributed by atoms with Crippen molar-refractivity contribution < 1.29 is 8.42 Å². The van der Waals surface area contributed by atoms with Gasteiger partial charge in [0.1, 0.15) is 4.90 Å². The van der Waals surface area contributed by atoms with Gasteiger partial charge in [-0.2, -0.15) is 9.40 Å². The molecule has 0 bridgehead atoms. The molecule has 8 heteroatoms. The van der Waals surface area contributed by atoms with Crippen LogP contribution >= 0.6 is 11.3 Å². The minimum atomic E-state index is -3.50. The first kappa shape index (κ1) is 19.5. The number of aromatic nitrogens is 2. The molecule has 6 nitrogen and oxygen atoms in total. The van der Waals surface area contributed by atoms with Gasteiger partial charge in [0.25, 0.3) is 0 Å². The van der Waals surface area contributed by atoms with Gasteiger partial charge < -0.3 is 0 Å². The molecule has 1 aliphatic rings. The minimum absolute atomic E-state index is 0.369. The van der Waals surface area contributed by atoms with E-state index in [0.717, 1.165) is 25.1 Å². The van der Waals surface area contributed by atoms with Gasteiger partial charge in [0.15, 0.2) is 0 Å². The van der Waals surface area contributed by atoms with Crippen LogP contribution in [0, 0.1) is 13.8 Å². The van der Waals surface area contributed by atoms with Crippen molar-refractivity contribution in [1.29, 1.82) is 0 Å². The van der Waals surface area contributed by atoms with Crippen molar-refractivity contribution in [2.24, 2.45) is 0 Å². The summed E-state index contributed by atoms with van der Waals surface area (Å²) >= 11 is 1.79. The maximum absolute atomic E-state index is 13.0. The van der Waals surface area contributed by atoms with E-state index >= 15 is 0 Å². The highest BCUT2D eigenvalue weighted by molar-refractivity contribution is 7.89. The maximum atomic E-state index is 13.0. The molecule has 0 spiro atoms. The molecular weight excluding hydrogens is 368 g/mol. The first-order valence-corrected chi connectivity index (χ1v) is 11.5. The van der Waals surface area contributed by atoms with E-state index in [-0.39, 0.29) is 0 Å². The quantitative estimate of drug-likeness (QED) is 0.720. The number of rotatable bonds is 7. The lowest BCUT2D eigenvalue weighted by Crippen LogP contribution is -2.31. The fourth-order valence-electron chi connectivity index (χ4n) is 3.85. The molecule has 1 saturated heterocycles. The molecule has 0 radical (unpaired) electrons. The van der Waals surface area contributed by atoms with Crippen molar-refractivity contribution in [3.8, 4) is 0 Å². The normalized spacial score (nSPS) is 18.9. The summed E-state index contributed by atoms with van der Waals surface area (Å²) in [7, 11) is -3.50. The third kappa shape index (κ3) is 3.47. The molecule has 0 unspecified atom stereocenters. The first-order chi connectivity index (χ1) is 12.4. The summed E-state index contributed by atoms with van der Waals surface area (Å²) in [5.74, 6) is 0. The van der Waals surface area contributed by atoms with Crippen LogP contribution in [0.15, 0.2) is 22.4 Å². The van der Waals surface area contributed by atoms with Gasteiger partial charge in [0.2, 0.25) is 10.0 Å². The van der Waals surface area contributed by atoms with Crippen LogP contribution < -0.4 is 0 Å². The van der Waals surface area contributed by atoms with E-state index < -0.39 is 10.0 Å². The second kappa shape index (κ2) is 7.80. The van der Waals surface area contributed by atoms with Gasteiger partial charge in [0.05, 0.1) is 18.1 Å². The van der Waals surface area contributed by atoms with Crippen LogP contribution in [0.3, 0.4) is 0 Å². The summed E-state index contributed by atoms with van der Waals surface area (Å²) in [5.41, 5.74) is 1.31. The molecule has 0 aromatic carbocycles. The van der Waals surface area contributed by atoms with Crippen LogP contribution in [0.4, 0.5) is 0 Å². The summed E-state index contributed by atoms with van der Waals surface area (Å²) in [4.78, 5) is 4.15. The van der Waals surface area contributed by atoms with Crippen molar-refractivity contribution >= 4 is 21.4 Å². The van der Waals surface area contributed by atoms with Crippen molar-refractivity contribution in [2.45, 2.75) is 58.1 Å². The Hall–Kier alpha value is -1.22. The van der Waals surface area contributed by atoms with E-state index in [0.29, 0.717) is 36.4 Å². The predicted molar refractivity (Wildman–Crippen MR) is 105 cm³/mol. The molecular formula is C18H28N4O2S2. The lowest BCUT2D eigenvalue weighted by atomic mass is 10.2. The second-order valence-electron chi connectivity index (χ2n) is 6.72. The molecule has 144 valence electrons. The molecule has 2 aromatic heterocycles. The van der Waals surface area contributed by atoms with Crippen molar-refractivity contribution in [2.75, 3.05) is 19.6 Å². The average Bonchev–Trinajstić information content (AvgIpc) is 3.30. The summed E-state index contributed by atoms with van der Waals surface area (Å²) in [6, 6.07) is 4.68. The molecule has 1 atom stereocenters. The van der Waals surface area contributed by atoms with Crippen LogP contribution in [0.2, 0.25) is 0 Å². The molecule has 1 fully saturated rings. The van der Waals surface area contributed by atoms with E-state index in [2.05, 4.69) is 27.5 Å². The molecule has 3 rings (SSSR count). The molecule has 0 aliphatic carbocycles. The van der Waals surface area contributed by atoms with Gasteiger partial charge in [-0.25, -0.2) is 8.42 Å². The molecule has 0 saturated carbocycles. The second-order valence-corrected chi connectivity index (χ2v) is 9.57. The smallest absolute Gasteiger partial charge is 0.246 e. The van der Waals surface area contributed by atoms with Crippen molar-refractivity contribution in [3.63, 3.8) is 0 Å². The first-order valence-electron chi connectivity index (χ1n) is 9.21. The predicted octanol–water partition coefficient (Wildman–Crippen LogP) is 3.39. The number of hydrogen-bond acceptors (Lipinski definition) is 5. The van der Waals surface area contributed by atoms with E-state index in [1.165, 1.54) is 9.18 Å². The van der Waals surface area contributed by atoms with Gasteiger partial charge >= 0.3 is 0 Å². The monoisotopic (exact) mass is 396 g/mol. The van der Waals surface area contributed by atoms with Crippen LogP contribution in [0.25, 0.3) is 0 Å². The molecule has 3 heterocycles. The Bertz CT molecular complexity index is 839. The van der Waals surface area contributed by atoms with Gasteiger partial charge in [-0.05, 0) is 38.1 Å². The Balaban J connectivity index is 1.89. The Morgan fingerprint density at radius 3 is 2.65 bits per heavy atom. The number of nitrogens with zero attached hydrogens (tertiary/aromatic N) is 4. The molecule has 26 heavy (non-hydrogen) atoms. The van der Waals surface area contributed by atoms with Gasteiger partial charge in [0, 0.05) is 30.6 Å². The fraction of sp³-hybridized carbons (Fsp3) is 0.611. The van der Waals surface area contributed by atoms with Gasteiger partial charge in [-0.3, -0.25) is 9.58 Å². The molecule has 1 aliphatic heterocycles. The zero-order chi connectivity index (χ0) is 18.9. The highest BCUT2D eigenvalue weighted by Gasteiger charge is 2.31. The molecule has 2 aromatic rings. The van der Waals surface area contributed by atoms with E-state index in [9.17, 15) is 8.42 Å². The zero-order valence-corrected chi connectivity index (χ0v) is 17.6. The van der Waals surface area contributed by atoms with Gasteiger partial charge in [-0.1, -0.05) is 19.9 Å². The Labute approximate surface area is 160 Å². The van der Waals surface area contributed by atoms with Crippen LogP contribution in [-0.2, 0) is 16.7 Å². The summed E-state index contributed by atoms with van der Waals surface area (Å²) in [6.07, 6.45) is 2.30. The SMILES string of the molecule is CCN(CC)S(=O)(=O)c1c(C)nn(CN2CCC[C@H]2c2cccs2)c1C. The highest BCUT2D eigenvalue weighted by Crippen LogP contribution is 2.35. The van der Waals surface area contributed by atoms with Crippen LogP contribution in [0.5, 0.6) is 0 Å². The zero-order valence-electron chi connectivity index (χ0n) is 16.0. The van der Waals surface area contributed by atoms with E-state index in [1.807, 2.05) is 25.5 Å². The van der Waals surface area contributed by atoms with Gasteiger partial charge in [-0.15, -0.1) is 11.3 Å². The summed E-state index contributed by atoms with van der Waals surface area (Å²) in [5, 5.41) is 6.69. The highest BCUT2D eigenvalue weighted by atomic mass is 32.2. The van der Waals surface area contributed by atoms with E-state index in [1.54, 1.807) is 18.3 Å². The Morgan fingerprint density at radius 1 is 1.31 bits per heavy atom. The largest absolute Gasteiger partial charge is 0.276 e. The topological polar surface area (TPSA) is 58.4 Å². The third-order valence-electron chi connectivity index (χ3n) is 5.17. The number of likely N-dealkylation sites (tertiary alicyclic amines) is 1. The molecule has 0 N–H and O–H groups in total. The lowest BCUT2D eigenvalue weighted by Gasteiger charge is -2.24. The number of hydrogen-bond donors (Lipinski definition) is 0. The lowest BCUT2D eigenvalue weighted by molar-refractivity contribution is 0.191. The van der Waals surface area contributed by atoms with Crippen molar-refractivity contribution in [1.82, 2.24) is 19.0 Å². The Kier molecular flexibility index (Phi) is 5.86. The third-order valence-corrected chi connectivity index (χ3v) is 8.45. The van der Waals surface area contributed by atoms with Crippen LogP contribution in [-0.4, -0.2) is 47.0 Å². The molecule has 0 amide bonds. The number of aryl methyl sites for hydroxylation is 1. The minimum Gasteiger partial charge on any atom is -0.276 e. The summed E-state index contributed by atoms with van der Waals surface area (Å²) in [6.45, 7) is 9.97. The fourth-order valence-corrected chi connectivity index (χ4v) is 6.58. The van der Waals surface area contributed by atoms with Crippen LogP contribution in [0.1, 0.15) is 49.0 Å².